The fourth-order valence-electron chi connectivity index (χ4n) is 1.07. The van der Waals surface area contributed by atoms with E-state index in [1.54, 1.807) is 0 Å². The lowest BCUT2D eigenvalue weighted by atomic mass is 10.1. The van der Waals surface area contributed by atoms with E-state index in [4.69, 9.17) is 0 Å². The molecule has 0 spiro atoms. The van der Waals surface area contributed by atoms with Crippen molar-refractivity contribution in [3.05, 3.63) is 11.8 Å². The van der Waals surface area contributed by atoms with E-state index in [1.165, 1.54) is 31.4 Å². The van der Waals surface area contributed by atoms with Gasteiger partial charge in [0.05, 0.1) is 0 Å². The molecule has 1 nitrogen and oxygen atoms in total. The van der Waals surface area contributed by atoms with E-state index in [2.05, 4.69) is 11.4 Å². The Morgan fingerprint density at radius 2 is 2.38 bits per heavy atom. The molecule has 0 amide bonds. The van der Waals surface area contributed by atoms with Gasteiger partial charge in [-0.2, -0.15) is 0 Å². The average molecular weight is 111 g/mol. The maximum atomic E-state index is 3.16. The molecular formula is C7H13N. The fraction of sp³-hybridized carbons (Fsp3) is 0.714. The number of allylic oxidation sites excluding steroid dienone is 2. The maximum absolute atomic E-state index is 3.16. The van der Waals surface area contributed by atoms with Crippen LogP contribution in [0.1, 0.15) is 25.7 Å². The lowest BCUT2D eigenvalue weighted by Gasteiger charge is -2.10. The van der Waals surface area contributed by atoms with Crippen molar-refractivity contribution < 1.29 is 0 Å². The van der Waals surface area contributed by atoms with Gasteiger partial charge in [0, 0.05) is 12.7 Å². The highest BCUT2D eigenvalue weighted by Crippen LogP contribution is 2.13. The summed E-state index contributed by atoms with van der Waals surface area (Å²) in [6, 6.07) is 0. The molecule has 0 saturated heterocycles. The molecule has 1 aliphatic rings. The van der Waals surface area contributed by atoms with Crippen molar-refractivity contribution in [2.75, 3.05) is 7.05 Å². The molecule has 0 bridgehead atoms. The summed E-state index contributed by atoms with van der Waals surface area (Å²) in [5, 5.41) is 3.16. The van der Waals surface area contributed by atoms with Crippen molar-refractivity contribution in [1.82, 2.24) is 5.32 Å². The van der Waals surface area contributed by atoms with Gasteiger partial charge in [-0.3, -0.25) is 0 Å². The molecule has 46 valence electrons. The average Bonchev–Trinajstić information content (AvgIpc) is 1.90. The van der Waals surface area contributed by atoms with Gasteiger partial charge in [0.2, 0.25) is 0 Å². The smallest absolute Gasteiger partial charge is 0.00635 e. The molecule has 0 heterocycles. The molecule has 0 atom stereocenters. The zero-order valence-corrected chi connectivity index (χ0v) is 5.41. The van der Waals surface area contributed by atoms with Gasteiger partial charge in [0.15, 0.2) is 0 Å². The molecule has 1 N–H and O–H groups in total. The largest absolute Gasteiger partial charge is 0.392 e. The lowest BCUT2D eigenvalue weighted by molar-refractivity contribution is 0.667. The first-order valence-electron chi connectivity index (χ1n) is 3.30. The predicted octanol–water partition coefficient (Wildman–Crippen LogP) is 1.66. The Kier molecular flexibility index (Phi) is 1.95. The zero-order chi connectivity index (χ0) is 5.82. The second-order valence-corrected chi connectivity index (χ2v) is 2.23. The lowest BCUT2D eigenvalue weighted by Crippen LogP contribution is -2.07. The van der Waals surface area contributed by atoms with Crippen LogP contribution in [0.5, 0.6) is 0 Å². The third-order valence-corrected chi connectivity index (χ3v) is 1.61. The zero-order valence-electron chi connectivity index (χ0n) is 5.41. The highest BCUT2D eigenvalue weighted by Gasteiger charge is 1.98. The minimum Gasteiger partial charge on any atom is -0.392 e. The van der Waals surface area contributed by atoms with Gasteiger partial charge in [-0.25, -0.2) is 0 Å². The normalized spacial score (nSPS) is 19.9. The first-order chi connectivity index (χ1) is 3.93. The number of hydrogen-bond donors (Lipinski definition) is 1. The summed E-state index contributed by atoms with van der Waals surface area (Å²) < 4.78 is 0. The molecule has 0 unspecified atom stereocenters. The van der Waals surface area contributed by atoms with Crippen LogP contribution in [0.15, 0.2) is 11.8 Å². The van der Waals surface area contributed by atoms with Crippen LogP contribution >= 0.6 is 0 Å². The quantitative estimate of drug-likeness (QED) is 0.542. The number of hydrogen-bond acceptors (Lipinski definition) is 1. The van der Waals surface area contributed by atoms with Gasteiger partial charge < -0.3 is 5.32 Å². The highest BCUT2D eigenvalue weighted by molar-refractivity contribution is 5.01. The van der Waals surface area contributed by atoms with Gasteiger partial charge in [0.1, 0.15) is 0 Å². The summed E-state index contributed by atoms with van der Waals surface area (Å²) in [5.74, 6) is 0. The Morgan fingerprint density at radius 1 is 1.50 bits per heavy atom. The Morgan fingerprint density at radius 3 is 2.75 bits per heavy atom. The summed E-state index contributed by atoms with van der Waals surface area (Å²) in [5.41, 5.74) is 1.43. The minimum absolute atomic E-state index is 1.26. The molecular weight excluding hydrogens is 98.1 g/mol. The molecule has 1 heteroatoms. The van der Waals surface area contributed by atoms with Crippen LogP contribution in [-0.2, 0) is 0 Å². The Labute approximate surface area is 50.8 Å². The molecule has 0 saturated carbocycles. The third kappa shape index (κ3) is 1.25. The van der Waals surface area contributed by atoms with Crippen LogP contribution in [0.4, 0.5) is 0 Å². The van der Waals surface area contributed by atoms with Crippen LogP contribution in [0.25, 0.3) is 0 Å². The molecule has 0 aromatic carbocycles. The standard InChI is InChI=1S/C7H13N/c1-8-7-5-3-2-4-6-7/h5,8H,2-4,6H2,1H3. The van der Waals surface area contributed by atoms with Crippen LogP contribution < -0.4 is 5.32 Å². The molecule has 8 heavy (non-hydrogen) atoms. The molecule has 0 radical (unpaired) electrons. The van der Waals surface area contributed by atoms with Gasteiger partial charge in [-0.1, -0.05) is 6.08 Å². The first kappa shape index (κ1) is 5.67. The summed E-state index contributed by atoms with van der Waals surface area (Å²) in [6.07, 6.45) is 7.58. The van der Waals surface area contributed by atoms with E-state index >= 15 is 0 Å². The van der Waals surface area contributed by atoms with E-state index in [1.807, 2.05) is 7.05 Å². The minimum atomic E-state index is 1.26. The van der Waals surface area contributed by atoms with E-state index in [0.29, 0.717) is 0 Å². The van der Waals surface area contributed by atoms with Crippen molar-refractivity contribution in [1.29, 1.82) is 0 Å². The van der Waals surface area contributed by atoms with Crippen molar-refractivity contribution >= 4 is 0 Å². The molecule has 0 aromatic rings. The Hall–Kier alpha value is -0.460. The summed E-state index contributed by atoms with van der Waals surface area (Å²) in [6.45, 7) is 0. The third-order valence-electron chi connectivity index (χ3n) is 1.61. The van der Waals surface area contributed by atoms with E-state index in [9.17, 15) is 0 Å². The number of rotatable bonds is 1. The second-order valence-electron chi connectivity index (χ2n) is 2.23. The fourth-order valence-corrected chi connectivity index (χ4v) is 1.07. The molecule has 0 fully saturated rings. The Balaban J connectivity index is 2.37. The van der Waals surface area contributed by atoms with E-state index in [0.717, 1.165) is 0 Å². The van der Waals surface area contributed by atoms with Crippen molar-refractivity contribution in [3.63, 3.8) is 0 Å². The topological polar surface area (TPSA) is 12.0 Å². The second kappa shape index (κ2) is 2.75. The molecule has 0 aliphatic heterocycles. The van der Waals surface area contributed by atoms with Crippen molar-refractivity contribution in [2.24, 2.45) is 0 Å². The predicted molar refractivity (Wildman–Crippen MR) is 35.6 cm³/mol. The molecule has 1 rings (SSSR count). The Bertz CT molecular complexity index is 94.6. The maximum Gasteiger partial charge on any atom is 0.00635 e. The highest BCUT2D eigenvalue weighted by atomic mass is 14.8. The van der Waals surface area contributed by atoms with Crippen LogP contribution in [0.3, 0.4) is 0 Å². The molecule has 1 aliphatic carbocycles. The number of nitrogens with one attached hydrogen (secondary N) is 1. The monoisotopic (exact) mass is 111 g/mol. The summed E-state index contributed by atoms with van der Waals surface area (Å²) in [4.78, 5) is 0. The van der Waals surface area contributed by atoms with Gasteiger partial charge in [-0.15, -0.1) is 0 Å². The van der Waals surface area contributed by atoms with Crippen LogP contribution in [-0.4, -0.2) is 7.05 Å². The van der Waals surface area contributed by atoms with Gasteiger partial charge >= 0.3 is 0 Å². The van der Waals surface area contributed by atoms with Crippen LogP contribution in [0.2, 0.25) is 0 Å². The SMILES string of the molecule is CNC1=CCCCC1. The van der Waals surface area contributed by atoms with E-state index in [-0.39, 0.29) is 0 Å². The van der Waals surface area contributed by atoms with Crippen LogP contribution in [0, 0.1) is 0 Å². The summed E-state index contributed by atoms with van der Waals surface area (Å²) in [7, 11) is 2.00. The van der Waals surface area contributed by atoms with E-state index < -0.39 is 0 Å². The van der Waals surface area contributed by atoms with Crippen molar-refractivity contribution in [3.8, 4) is 0 Å². The van der Waals surface area contributed by atoms with Gasteiger partial charge in [0.25, 0.3) is 0 Å². The van der Waals surface area contributed by atoms with Crippen molar-refractivity contribution in [2.45, 2.75) is 25.7 Å². The molecule has 0 aromatic heterocycles. The summed E-state index contributed by atoms with van der Waals surface area (Å²) >= 11 is 0. The first-order valence-corrected chi connectivity index (χ1v) is 3.30. The van der Waals surface area contributed by atoms with Gasteiger partial charge in [-0.05, 0) is 25.7 Å².